The van der Waals surface area contributed by atoms with Crippen LogP contribution in [-0.4, -0.2) is 36.2 Å². The molecule has 0 fully saturated rings. The first-order valence-corrected chi connectivity index (χ1v) is 8.89. The van der Waals surface area contributed by atoms with Crippen molar-refractivity contribution in [3.8, 4) is 17.4 Å². The fourth-order valence-electron chi connectivity index (χ4n) is 2.35. The van der Waals surface area contributed by atoms with Gasteiger partial charge < -0.3 is 14.5 Å². The Bertz CT molecular complexity index is 1200. The fraction of sp³-hybridized carbons (Fsp3) is 0.125. The van der Waals surface area contributed by atoms with Crippen molar-refractivity contribution in [2.45, 2.75) is 6.61 Å². The molecule has 0 saturated carbocycles. The van der Waals surface area contributed by atoms with Gasteiger partial charge in [-0.15, -0.1) is 5.10 Å². The van der Waals surface area contributed by atoms with Crippen LogP contribution in [-0.2, 0) is 6.61 Å². The maximum Gasteiger partial charge on any atom is 0.281 e. The van der Waals surface area contributed by atoms with Crippen molar-refractivity contribution in [2.75, 3.05) is 7.11 Å². The molecule has 4 rings (SSSR count). The van der Waals surface area contributed by atoms with Crippen molar-refractivity contribution < 1.29 is 9.47 Å². The molecule has 1 aromatic carbocycles. The number of hydrogen-bond donors (Lipinski definition) is 1. The third kappa shape index (κ3) is 3.41. The number of H-pyrrole nitrogens is 1. The van der Waals surface area contributed by atoms with E-state index in [-0.39, 0.29) is 16.1 Å². The number of hydrogen-bond acceptors (Lipinski definition) is 9. The highest BCUT2D eigenvalue weighted by Crippen LogP contribution is 2.14. The quantitative estimate of drug-likeness (QED) is 0.508. The fourth-order valence-corrected chi connectivity index (χ4v) is 3.18. The predicted molar refractivity (Wildman–Crippen MR) is 101 cm³/mol. The Labute approximate surface area is 161 Å². The van der Waals surface area contributed by atoms with Crippen molar-refractivity contribution in [2.24, 2.45) is 0 Å². The second-order valence-electron chi connectivity index (χ2n) is 5.37. The summed E-state index contributed by atoms with van der Waals surface area (Å²) in [5.41, 5.74) is 0.979. The summed E-state index contributed by atoms with van der Waals surface area (Å²) in [6.07, 6.45) is 2.86. The van der Waals surface area contributed by atoms with E-state index >= 15 is 0 Å². The Kier molecular flexibility index (Phi) is 4.60. The number of benzene rings is 1. The zero-order valence-corrected chi connectivity index (χ0v) is 15.6. The van der Waals surface area contributed by atoms with Crippen LogP contribution in [0.5, 0.6) is 11.6 Å². The van der Waals surface area contributed by atoms with Gasteiger partial charge in [-0.1, -0.05) is 16.6 Å². The normalized spacial score (nSPS) is 10.9. The van der Waals surface area contributed by atoms with Gasteiger partial charge in [-0.2, -0.15) is 0 Å². The maximum atomic E-state index is 12.6. The SMILES string of the molecule is COc1ccc(COc2cnc(-n3c(=S)[nH]c4nnsc4c3=O)cn2)cc1. The van der Waals surface area contributed by atoms with E-state index in [1.165, 1.54) is 17.0 Å². The first-order valence-electron chi connectivity index (χ1n) is 7.71. The summed E-state index contributed by atoms with van der Waals surface area (Å²) in [7, 11) is 1.61. The predicted octanol–water partition coefficient (Wildman–Crippen LogP) is 2.28. The molecule has 3 heterocycles. The van der Waals surface area contributed by atoms with E-state index in [0.29, 0.717) is 22.8 Å². The topological polar surface area (TPSA) is 108 Å². The lowest BCUT2D eigenvalue weighted by molar-refractivity contribution is 0.292. The van der Waals surface area contributed by atoms with Gasteiger partial charge in [0.25, 0.3) is 5.56 Å². The van der Waals surface area contributed by atoms with Gasteiger partial charge in [0.05, 0.1) is 19.5 Å². The van der Waals surface area contributed by atoms with Crippen LogP contribution in [0.2, 0.25) is 0 Å². The molecule has 136 valence electrons. The number of nitrogens with one attached hydrogen (secondary N) is 1. The van der Waals surface area contributed by atoms with Crippen LogP contribution in [0.25, 0.3) is 16.2 Å². The average molecular weight is 400 g/mol. The Balaban J connectivity index is 1.55. The molecule has 9 nitrogen and oxygen atoms in total. The number of methoxy groups -OCH3 is 1. The molecule has 0 aliphatic carbocycles. The highest BCUT2D eigenvalue weighted by Gasteiger charge is 2.12. The molecule has 0 aliphatic rings. The first kappa shape index (κ1) is 17.2. The van der Waals surface area contributed by atoms with Gasteiger partial charge in [0.2, 0.25) is 5.88 Å². The minimum absolute atomic E-state index is 0.168. The highest BCUT2D eigenvalue weighted by atomic mass is 32.1. The Morgan fingerprint density at radius 3 is 2.74 bits per heavy atom. The summed E-state index contributed by atoms with van der Waals surface area (Å²) in [5.74, 6) is 1.39. The molecular formula is C16H12N6O3S2. The number of ether oxygens (including phenoxy) is 2. The maximum absolute atomic E-state index is 12.6. The second kappa shape index (κ2) is 7.21. The third-order valence-corrected chi connectivity index (χ3v) is 4.70. The van der Waals surface area contributed by atoms with Crippen LogP contribution in [0.15, 0.2) is 41.5 Å². The molecule has 0 atom stereocenters. The Morgan fingerprint density at radius 2 is 2.04 bits per heavy atom. The number of fused-ring (bicyclic) bond motifs is 1. The molecule has 11 heteroatoms. The van der Waals surface area contributed by atoms with Crippen molar-refractivity contribution in [1.29, 1.82) is 0 Å². The minimum Gasteiger partial charge on any atom is -0.497 e. The van der Waals surface area contributed by atoms with E-state index in [0.717, 1.165) is 22.8 Å². The lowest BCUT2D eigenvalue weighted by atomic mass is 10.2. The largest absolute Gasteiger partial charge is 0.497 e. The molecular weight excluding hydrogens is 388 g/mol. The van der Waals surface area contributed by atoms with Crippen LogP contribution in [0.3, 0.4) is 0 Å². The molecule has 0 spiro atoms. The van der Waals surface area contributed by atoms with Gasteiger partial charge in [-0.05, 0) is 41.4 Å². The van der Waals surface area contributed by atoms with Gasteiger partial charge in [0.15, 0.2) is 20.9 Å². The summed E-state index contributed by atoms with van der Waals surface area (Å²) in [4.78, 5) is 23.8. The molecule has 0 bridgehead atoms. The van der Waals surface area contributed by atoms with E-state index in [2.05, 4.69) is 24.5 Å². The van der Waals surface area contributed by atoms with E-state index < -0.39 is 0 Å². The lowest BCUT2D eigenvalue weighted by Gasteiger charge is -2.08. The van der Waals surface area contributed by atoms with Gasteiger partial charge in [-0.25, -0.2) is 14.5 Å². The van der Waals surface area contributed by atoms with Crippen LogP contribution in [0.1, 0.15) is 5.56 Å². The molecule has 0 amide bonds. The van der Waals surface area contributed by atoms with Gasteiger partial charge in [-0.3, -0.25) is 4.79 Å². The molecule has 0 saturated heterocycles. The molecule has 0 aliphatic heterocycles. The summed E-state index contributed by atoms with van der Waals surface area (Å²) in [6, 6.07) is 7.51. The van der Waals surface area contributed by atoms with Crippen molar-refractivity contribution in [3.05, 3.63) is 57.3 Å². The Morgan fingerprint density at radius 1 is 1.22 bits per heavy atom. The van der Waals surface area contributed by atoms with Crippen LogP contribution in [0, 0.1) is 4.77 Å². The molecule has 3 aromatic heterocycles. The van der Waals surface area contributed by atoms with E-state index in [9.17, 15) is 4.79 Å². The standard InChI is InChI=1S/C16H12N6O3S2/c1-24-10-4-2-9(3-5-10)8-25-12-7-17-11(6-18-12)22-15(23)13-14(19-16(22)26)20-21-27-13/h2-7H,8H2,1H3,(H,19,26). The molecule has 1 N–H and O–H groups in total. The second-order valence-corrected chi connectivity index (χ2v) is 6.51. The summed E-state index contributed by atoms with van der Waals surface area (Å²) < 4.78 is 16.3. The van der Waals surface area contributed by atoms with Crippen molar-refractivity contribution in [3.63, 3.8) is 0 Å². The number of nitrogens with zero attached hydrogens (tertiary/aromatic N) is 5. The molecule has 27 heavy (non-hydrogen) atoms. The van der Waals surface area contributed by atoms with Gasteiger partial charge in [0, 0.05) is 0 Å². The minimum atomic E-state index is -0.343. The first-order chi connectivity index (χ1) is 13.2. The third-order valence-electron chi connectivity index (χ3n) is 3.70. The zero-order chi connectivity index (χ0) is 18.8. The van der Waals surface area contributed by atoms with Crippen molar-refractivity contribution in [1.82, 2.24) is 29.1 Å². The lowest BCUT2D eigenvalue weighted by Crippen LogP contribution is -2.20. The summed E-state index contributed by atoms with van der Waals surface area (Å²) >= 11 is 6.21. The smallest absolute Gasteiger partial charge is 0.281 e. The summed E-state index contributed by atoms with van der Waals surface area (Å²) in [6.45, 7) is 0.330. The van der Waals surface area contributed by atoms with Crippen molar-refractivity contribution >= 4 is 34.1 Å². The highest BCUT2D eigenvalue weighted by molar-refractivity contribution is 7.71. The Hall–Kier alpha value is -3.18. The number of aromatic nitrogens is 6. The van der Waals surface area contributed by atoms with Crippen LogP contribution >= 0.6 is 23.8 Å². The molecule has 4 aromatic rings. The number of rotatable bonds is 5. The summed E-state index contributed by atoms with van der Waals surface area (Å²) in [5, 5.41) is 3.82. The average Bonchev–Trinajstić information content (AvgIpc) is 3.16. The van der Waals surface area contributed by atoms with Gasteiger partial charge in [0.1, 0.15) is 12.4 Å². The van der Waals surface area contributed by atoms with E-state index in [1.54, 1.807) is 7.11 Å². The van der Waals surface area contributed by atoms with Crippen LogP contribution in [0.4, 0.5) is 0 Å². The van der Waals surface area contributed by atoms with E-state index in [4.69, 9.17) is 21.7 Å². The van der Waals surface area contributed by atoms with Crippen LogP contribution < -0.4 is 15.0 Å². The zero-order valence-electron chi connectivity index (χ0n) is 13.9. The van der Waals surface area contributed by atoms with E-state index in [1.807, 2.05) is 24.3 Å². The molecule has 0 radical (unpaired) electrons. The monoisotopic (exact) mass is 400 g/mol. The number of aromatic amines is 1. The van der Waals surface area contributed by atoms with Gasteiger partial charge >= 0.3 is 0 Å². The molecule has 0 unspecified atom stereocenters.